The minimum atomic E-state index is -0.0568. The Bertz CT molecular complexity index is 694. The van der Waals surface area contributed by atoms with E-state index in [-0.39, 0.29) is 18.4 Å². The normalized spacial score (nSPS) is 14.2. The van der Waals surface area contributed by atoms with E-state index in [2.05, 4.69) is 5.32 Å². The molecule has 0 unspecified atom stereocenters. The fourth-order valence-electron chi connectivity index (χ4n) is 2.46. The quantitative estimate of drug-likeness (QED) is 0.857. The van der Waals surface area contributed by atoms with Crippen molar-refractivity contribution in [1.29, 1.82) is 0 Å². The van der Waals surface area contributed by atoms with Gasteiger partial charge in [-0.1, -0.05) is 6.07 Å². The molecule has 1 N–H and O–H groups in total. The van der Waals surface area contributed by atoms with Gasteiger partial charge in [-0.05, 0) is 35.7 Å². The molecule has 2 heterocycles. The zero-order chi connectivity index (χ0) is 17.5. The minimum absolute atomic E-state index is 0.00405. The molecule has 2 amide bonds. The Morgan fingerprint density at radius 2 is 1.92 bits per heavy atom. The summed E-state index contributed by atoms with van der Waals surface area (Å²) >= 11 is 1.56. The third-order valence-electron chi connectivity index (χ3n) is 3.78. The zero-order valence-electron chi connectivity index (χ0n) is 13.8. The molecule has 1 fully saturated rings. The number of benzene rings is 1. The van der Waals surface area contributed by atoms with Gasteiger partial charge in [0.05, 0.1) is 19.6 Å². The fraction of sp³-hybridized carbons (Fsp3) is 0.333. The lowest BCUT2D eigenvalue weighted by atomic mass is 10.2. The molecule has 25 heavy (non-hydrogen) atoms. The second-order valence-electron chi connectivity index (χ2n) is 5.61. The summed E-state index contributed by atoms with van der Waals surface area (Å²) in [6, 6.07) is 10.9. The molecule has 0 atom stereocenters. The molecule has 2 aromatic rings. The maximum atomic E-state index is 12.0. The summed E-state index contributed by atoms with van der Waals surface area (Å²) in [7, 11) is 0. The minimum Gasteiger partial charge on any atom is -0.484 e. The van der Waals surface area contributed by atoms with Crippen molar-refractivity contribution in [2.24, 2.45) is 0 Å². The molecule has 1 aliphatic heterocycles. The predicted molar refractivity (Wildman–Crippen MR) is 96.0 cm³/mol. The molecule has 132 valence electrons. The topological polar surface area (TPSA) is 67.9 Å². The molecule has 7 heteroatoms. The summed E-state index contributed by atoms with van der Waals surface area (Å²) in [4.78, 5) is 26.7. The molecule has 0 aliphatic carbocycles. The number of nitrogens with zero attached hydrogens (tertiary/aromatic N) is 1. The molecular weight excluding hydrogens is 340 g/mol. The van der Waals surface area contributed by atoms with Crippen molar-refractivity contribution in [3.63, 3.8) is 0 Å². The number of rotatable bonds is 6. The van der Waals surface area contributed by atoms with E-state index in [0.717, 1.165) is 4.88 Å². The highest BCUT2D eigenvalue weighted by Gasteiger charge is 2.17. The summed E-state index contributed by atoms with van der Waals surface area (Å²) in [5, 5.41) is 4.80. The first kappa shape index (κ1) is 17.4. The van der Waals surface area contributed by atoms with Crippen LogP contribution < -0.4 is 10.1 Å². The number of hydrogen-bond acceptors (Lipinski definition) is 5. The van der Waals surface area contributed by atoms with Gasteiger partial charge in [0.15, 0.2) is 6.61 Å². The fourth-order valence-corrected chi connectivity index (χ4v) is 3.16. The van der Waals surface area contributed by atoms with Gasteiger partial charge in [-0.2, -0.15) is 0 Å². The van der Waals surface area contributed by atoms with Crippen LogP contribution in [0.1, 0.15) is 4.88 Å². The Morgan fingerprint density at radius 1 is 1.16 bits per heavy atom. The monoisotopic (exact) mass is 360 g/mol. The van der Waals surface area contributed by atoms with Gasteiger partial charge in [0.2, 0.25) is 5.91 Å². The summed E-state index contributed by atoms with van der Waals surface area (Å²) in [5.74, 6) is 0.494. The number of carbonyl (C=O) groups is 2. The van der Waals surface area contributed by atoms with Crippen LogP contribution in [0.3, 0.4) is 0 Å². The number of anilines is 1. The molecule has 1 saturated heterocycles. The molecule has 6 nitrogen and oxygen atoms in total. The van der Waals surface area contributed by atoms with Crippen molar-refractivity contribution in [3.05, 3.63) is 46.7 Å². The molecule has 0 spiro atoms. The van der Waals surface area contributed by atoms with Gasteiger partial charge in [0, 0.05) is 23.7 Å². The van der Waals surface area contributed by atoms with Crippen LogP contribution in [0, 0.1) is 0 Å². The maximum absolute atomic E-state index is 12.0. The number of morpholine rings is 1. The van der Waals surface area contributed by atoms with Gasteiger partial charge >= 0.3 is 0 Å². The van der Waals surface area contributed by atoms with Crippen LogP contribution in [-0.2, 0) is 20.7 Å². The van der Waals surface area contributed by atoms with E-state index in [9.17, 15) is 9.59 Å². The number of thiophene rings is 1. The number of amides is 2. The van der Waals surface area contributed by atoms with Crippen molar-refractivity contribution in [1.82, 2.24) is 4.90 Å². The largest absolute Gasteiger partial charge is 0.484 e. The first-order valence-electron chi connectivity index (χ1n) is 8.11. The van der Waals surface area contributed by atoms with Gasteiger partial charge in [-0.3, -0.25) is 9.59 Å². The van der Waals surface area contributed by atoms with Crippen molar-refractivity contribution in [2.75, 3.05) is 38.2 Å². The van der Waals surface area contributed by atoms with E-state index in [1.807, 2.05) is 17.5 Å². The number of ether oxygens (including phenoxy) is 2. The van der Waals surface area contributed by atoms with E-state index in [4.69, 9.17) is 9.47 Å². The highest BCUT2D eigenvalue weighted by atomic mass is 32.1. The average Bonchev–Trinajstić information content (AvgIpc) is 3.14. The molecule has 3 rings (SSSR count). The predicted octanol–water partition coefficient (Wildman–Crippen LogP) is 2.17. The van der Waals surface area contributed by atoms with Crippen LogP contribution in [0.5, 0.6) is 5.75 Å². The Morgan fingerprint density at radius 3 is 2.60 bits per heavy atom. The van der Waals surface area contributed by atoms with Crippen molar-refractivity contribution < 1.29 is 19.1 Å². The molecule has 1 aromatic heterocycles. The molecular formula is C18H20N2O4S. The number of nitrogens with one attached hydrogen (secondary N) is 1. The van der Waals surface area contributed by atoms with Crippen LogP contribution in [0.2, 0.25) is 0 Å². The van der Waals surface area contributed by atoms with E-state index in [1.165, 1.54) is 0 Å². The lowest BCUT2D eigenvalue weighted by Gasteiger charge is -2.26. The SMILES string of the molecule is O=C(Cc1cccs1)Nc1ccc(OCC(=O)N2CCOCC2)cc1. The average molecular weight is 360 g/mol. The first-order valence-corrected chi connectivity index (χ1v) is 8.99. The summed E-state index contributed by atoms with van der Waals surface area (Å²) in [6.07, 6.45) is 0.365. The van der Waals surface area contributed by atoms with E-state index >= 15 is 0 Å². The number of hydrogen-bond donors (Lipinski definition) is 1. The molecule has 0 radical (unpaired) electrons. The third kappa shape index (κ3) is 5.30. The summed E-state index contributed by atoms with van der Waals surface area (Å²) in [5.41, 5.74) is 0.702. The lowest BCUT2D eigenvalue weighted by molar-refractivity contribution is -0.137. The highest BCUT2D eigenvalue weighted by molar-refractivity contribution is 7.10. The summed E-state index contributed by atoms with van der Waals surface area (Å²) in [6.45, 7) is 2.37. The van der Waals surface area contributed by atoms with Gasteiger partial charge in [-0.25, -0.2) is 0 Å². The highest BCUT2D eigenvalue weighted by Crippen LogP contribution is 2.17. The Hall–Kier alpha value is -2.38. The second kappa shape index (κ2) is 8.64. The van der Waals surface area contributed by atoms with Gasteiger partial charge in [0.1, 0.15) is 5.75 Å². The van der Waals surface area contributed by atoms with Crippen LogP contribution in [0.15, 0.2) is 41.8 Å². The van der Waals surface area contributed by atoms with Crippen LogP contribution >= 0.6 is 11.3 Å². The second-order valence-corrected chi connectivity index (χ2v) is 6.64. The van der Waals surface area contributed by atoms with Crippen LogP contribution in [0.25, 0.3) is 0 Å². The Labute approximate surface area is 150 Å². The molecule has 1 aliphatic rings. The standard InChI is InChI=1S/C18H20N2O4S/c21-17(12-16-2-1-11-25-16)19-14-3-5-15(6-4-14)24-13-18(22)20-7-9-23-10-8-20/h1-6,11H,7-10,12-13H2,(H,19,21). The van der Waals surface area contributed by atoms with Crippen molar-refractivity contribution in [2.45, 2.75) is 6.42 Å². The van der Waals surface area contributed by atoms with Crippen LogP contribution in [-0.4, -0.2) is 49.6 Å². The summed E-state index contributed by atoms with van der Waals surface area (Å²) < 4.78 is 10.7. The third-order valence-corrected chi connectivity index (χ3v) is 4.66. The smallest absolute Gasteiger partial charge is 0.260 e. The zero-order valence-corrected chi connectivity index (χ0v) is 14.6. The lowest BCUT2D eigenvalue weighted by Crippen LogP contribution is -2.42. The first-order chi connectivity index (χ1) is 12.2. The Balaban J connectivity index is 1.45. The van der Waals surface area contributed by atoms with E-state index in [0.29, 0.717) is 44.2 Å². The van der Waals surface area contributed by atoms with Crippen LogP contribution in [0.4, 0.5) is 5.69 Å². The van der Waals surface area contributed by atoms with Gasteiger partial charge < -0.3 is 19.7 Å². The van der Waals surface area contributed by atoms with Crippen molar-refractivity contribution in [3.8, 4) is 5.75 Å². The van der Waals surface area contributed by atoms with E-state index < -0.39 is 0 Å². The van der Waals surface area contributed by atoms with Gasteiger partial charge in [-0.15, -0.1) is 11.3 Å². The molecule has 0 saturated carbocycles. The van der Waals surface area contributed by atoms with Gasteiger partial charge in [0.25, 0.3) is 5.91 Å². The van der Waals surface area contributed by atoms with Crippen molar-refractivity contribution >= 4 is 28.8 Å². The molecule has 0 bridgehead atoms. The van der Waals surface area contributed by atoms with E-state index in [1.54, 1.807) is 40.5 Å². The maximum Gasteiger partial charge on any atom is 0.260 e. The number of carbonyl (C=O) groups excluding carboxylic acids is 2. The Kier molecular flexibility index (Phi) is 6.03. The molecule has 1 aromatic carbocycles.